The quantitative estimate of drug-likeness (QED) is 0.850. The van der Waals surface area contributed by atoms with E-state index in [1.807, 2.05) is 45.9 Å². The number of rotatable bonds is 4. The van der Waals surface area contributed by atoms with Crippen molar-refractivity contribution in [2.24, 2.45) is 0 Å². The Kier molecular flexibility index (Phi) is 4.07. The van der Waals surface area contributed by atoms with Crippen molar-refractivity contribution in [2.75, 3.05) is 6.26 Å². The fraction of sp³-hybridized carbons (Fsp3) is 0.500. The lowest BCUT2D eigenvalue weighted by Crippen LogP contribution is -2.41. The van der Waals surface area contributed by atoms with Gasteiger partial charge < -0.3 is 13.7 Å². The first-order chi connectivity index (χ1) is 11.0. The van der Waals surface area contributed by atoms with E-state index < -0.39 is 28.3 Å². The molecule has 1 aliphatic rings. The average Bonchev–Trinajstić information content (AvgIpc) is 2.94. The molecular formula is C16H22BNO5S. The van der Waals surface area contributed by atoms with Crippen LogP contribution in [0.3, 0.4) is 0 Å². The van der Waals surface area contributed by atoms with Crippen LogP contribution in [-0.2, 0) is 25.9 Å². The smallest absolute Gasteiger partial charge is 0.464 e. The van der Waals surface area contributed by atoms with E-state index in [1.165, 1.54) is 0 Å². The third-order valence-corrected chi connectivity index (χ3v) is 5.40. The summed E-state index contributed by atoms with van der Waals surface area (Å²) in [5, 5.41) is 0.867. The molecule has 1 aromatic carbocycles. The minimum Gasteiger partial charge on any atom is -0.464 e. The third kappa shape index (κ3) is 3.24. The van der Waals surface area contributed by atoms with Gasteiger partial charge in [-0.2, -0.15) is 0 Å². The van der Waals surface area contributed by atoms with Gasteiger partial charge in [-0.15, -0.1) is 0 Å². The molecule has 0 bridgehead atoms. The highest BCUT2D eigenvalue weighted by molar-refractivity contribution is 7.88. The molecule has 0 radical (unpaired) electrons. The van der Waals surface area contributed by atoms with Gasteiger partial charge in [0.25, 0.3) is 0 Å². The van der Waals surface area contributed by atoms with Gasteiger partial charge >= 0.3 is 7.12 Å². The summed E-state index contributed by atoms with van der Waals surface area (Å²) < 4.78 is 42.6. The Bertz CT molecular complexity index is 856. The van der Waals surface area contributed by atoms with Gasteiger partial charge in [-0.25, -0.2) is 13.1 Å². The van der Waals surface area contributed by atoms with E-state index in [0.717, 1.165) is 22.7 Å². The number of fused-ring (bicyclic) bond motifs is 1. The molecule has 1 fully saturated rings. The van der Waals surface area contributed by atoms with E-state index in [9.17, 15) is 8.42 Å². The minimum atomic E-state index is -3.25. The van der Waals surface area contributed by atoms with Crippen LogP contribution in [0, 0.1) is 0 Å². The van der Waals surface area contributed by atoms with Crippen molar-refractivity contribution in [3.8, 4) is 0 Å². The van der Waals surface area contributed by atoms with E-state index >= 15 is 0 Å². The van der Waals surface area contributed by atoms with Crippen LogP contribution in [0.1, 0.15) is 33.3 Å². The van der Waals surface area contributed by atoms with Crippen LogP contribution in [0.2, 0.25) is 0 Å². The zero-order chi connectivity index (χ0) is 17.8. The summed E-state index contributed by atoms with van der Waals surface area (Å²) in [6.07, 6.45) is 2.70. The standard InChI is InChI=1S/C16H22BNO5S/c1-15(2)16(3,4)23-17(22-15)12-6-7-13-11(9-18-24(5,19)20)10-21-14(13)8-12/h6-8,10,18H,9H2,1-5H3. The molecule has 2 heterocycles. The van der Waals surface area contributed by atoms with E-state index in [0.29, 0.717) is 5.58 Å². The molecule has 8 heteroatoms. The number of benzene rings is 1. The number of furan rings is 1. The van der Waals surface area contributed by atoms with Crippen molar-refractivity contribution in [3.05, 3.63) is 30.0 Å². The highest BCUT2D eigenvalue weighted by Gasteiger charge is 2.51. The molecule has 130 valence electrons. The molecule has 3 rings (SSSR count). The van der Waals surface area contributed by atoms with Crippen LogP contribution < -0.4 is 10.2 Å². The molecule has 1 saturated heterocycles. The summed E-state index contributed by atoms with van der Waals surface area (Å²) in [5.74, 6) is 0. The summed E-state index contributed by atoms with van der Waals surface area (Å²) in [7, 11) is -3.70. The summed E-state index contributed by atoms with van der Waals surface area (Å²) in [6.45, 7) is 8.23. The Balaban J connectivity index is 1.86. The first kappa shape index (κ1) is 17.5. The Morgan fingerprint density at radius 3 is 2.33 bits per heavy atom. The number of sulfonamides is 1. The number of nitrogens with one attached hydrogen (secondary N) is 1. The maximum absolute atomic E-state index is 11.2. The maximum atomic E-state index is 11.2. The van der Waals surface area contributed by atoms with Gasteiger partial charge in [-0.1, -0.05) is 12.1 Å². The van der Waals surface area contributed by atoms with Crippen LogP contribution >= 0.6 is 0 Å². The first-order valence-electron chi connectivity index (χ1n) is 7.79. The van der Waals surface area contributed by atoms with Crippen molar-refractivity contribution in [1.29, 1.82) is 0 Å². The summed E-state index contributed by atoms with van der Waals surface area (Å²) >= 11 is 0. The molecule has 0 amide bonds. The Morgan fingerprint density at radius 2 is 1.75 bits per heavy atom. The van der Waals surface area contributed by atoms with Crippen LogP contribution in [0.25, 0.3) is 11.0 Å². The lowest BCUT2D eigenvalue weighted by atomic mass is 9.79. The fourth-order valence-electron chi connectivity index (χ4n) is 2.57. The van der Waals surface area contributed by atoms with Gasteiger partial charge in [0.2, 0.25) is 10.0 Å². The maximum Gasteiger partial charge on any atom is 0.494 e. The van der Waals surface area contributed by atoms with Gasteiger partial charge in [-0.05, 0) is 39.2 Å². The monoisotopic (exact) mass is 351 g/mol. The Morgan fingerprint density at radius 1 is 1.12 bits per heavy atom. The van der Waals surface area contributed by atoms with Crippen LogP contribution in [0.5, 0.6) is 0 Å². The SMILES string of the molecule is CC1(C)OB(c2ccc3c(CNS(C)(=O)=O)coc3c2)OC1(C)C. The predicted octanol–water partition coefficient (Wildman–Crippen LogP) is 1.78. The van der Waals surface area contributed by atoms with Crippen molar-refractivity contribution in [2.45, 2.75) is 45.4 Å². The second-order valence-electron chi connectivity index (χ2n) is 7.20. The second kappa shape index (κ2) is 5.59. The lowest BCUT2D eigenvalue weighted by molar-refractivity contribution is 0.00578. The zero-order valence-electron chi connectivity index (χ0n) is 14.5. The summed E-state index contributed by atoms with van der Waals surface area (Å²) in [5.41, 5.74) is 1.53. The number of hydrogen-bond acceptors (Lipinski definition) is 5. The van der Waals surface area contributed by atoms with Gasteiger partial charge in [0.15, 0.2) is 0 Å². The molecule has 24 heavy (non-hydrogen) atoms. The summed E-state index contributed by atoms with van der Waals surface area (Å²) in [4.78, 5) is 0. The van der Waals surface area contributed by atoms with Gasteiger partial charge in [0.05, 0.1) is 23.7 Å². The average molecular weight is 351 g/mol. The number of hydrogen-bond donors (Lipinski definition) is 1. The van der Waals surface area contributed by atoms with E-state index in [4.69, 9.17) is 13.7 Å². The molecule has 1 aromatic heterocycles. The molecule has 0 saturated carbocycles. The molecule has 2 aromatic rings. The third-order valence-electron chi connectivity index (χ3n) is 4.73. The lowest BCUT2D eigenvalue weighted by Gasteiger charge is -2.32. The van der Waals surface area contributed by atoms with Crippen LogP contribution in [0.4, 0.5) is 0 Å². The molecule has 0 spiro atoms. The summed E-state index contributed by atoms with van der Waals surface area (Å²) in [6, 6.07) is 5.70. The van der Waals surface area contributed by atoms with Crippen molar-refractivity contribution < 1.29 is 22.1 Å². The molecule has 0 atom stereocenters. The minimum absolute atomic E-state index is 0.196. The molecule has 6 nitrogen and oxygen atoms in total. The topological polar surface area (TPSA) is 77.8 Å². The van der Waals surface area contributed by atoms with Gasteiger partial charge in [0, 0.05) is 17.5 Å². The zero-order valence-corrected chi connectivity index (χ0v) is 15.4. The van der Waals surface area contributed by atoms with Crippen molar-refractivity contribution in [1.82, 2.24) is 4.72 Å². The fourth-order valence-corrected chi connectivity index (χ4v) is 2.99. The second-order valence-corrected chi connectivity index (χ2v) is 9.03. The van der Waals surface area contributed by atoms with Gasteiger partial charge in [0.1, 0.15) is 5.58 Å². The van der Waals surface area contributed by atoms with Crippen LogP contribution in [0.15, 0.2) is 28.9 Å². The largest absolute Gasteiger partial charge is 0.494 e. The Labute approximate surface area is 142 Å². The molecule has 1 N–H and O–H groups in total. The van der Waals surface area contributed by atoms with E-state index in [2.05, 4.69) is 4.72 Å². The highest BCUT2D eigenvalue weighted by Crippen LogP contribution is 2.36. The van der Waals surface area contributed by atoms with Gasteiger partial charge in [-0.3, -0.25) is 0 Å². The molecule has 0 aliphatic carbocycles. The Hall–Kier alpha value is -1.35. The van der Waals surface area contributed by atoms with Crippen molar-refractivity contribution >= 4 is 33.6 Å². The van der Waals surface area contributed by atoms with Crippen LogP contribution in [-0.4, -0.2) is 33.0 Å². The molecule has 1 aliphatic heterocycles. The van der Waals surface area contributed by atoms with E-state index in [-0.39, 0.29) is 6.54 Å². The predicted molar refractivity (Wildman–Crippen MR) is 93.6 cm³/mol. The normalized spacial score (nSPS) is 20.0. The highest BCUT2D eigenvalue weighted by atomic mass is 32.2. The van der Waals surface area contributed by atoms with Crippen molar-refractivity contribution in [3.63, 3.8) is 0 Å². The first-order valence-corrected chi connectivity index (χ1v) is 9.68. The van der Waals surface area contributed by atoms with E-state index in [1.54, 1.807) is 6.26 Å². The molecular weight excluding hydrogens is 329 g/mol. The molecule has 0 unspecified atom stereocenters.